The number of rotatable bonds is 6. The molecular formula is C21H24FNO5. The van der Waals surface area contributed by atoms with Crippen LogP contribution in [0.4, 0.5) is 4.39 Å². The van der Waals surface area contributed by atoms with Crippen LogP contribution in [0, 0.1) is 12.7 Å². The lowest BCUT2D eigenvalue weighted by atomic mass is 10.0. The Balaban J connectivity index is 1.53. The molecule has 0 saturated carbocycles. The van der Waals surface area contributed by atoms with E-state index < -0.39 is 18.0 Å². The van der Waals surface area contributed by atoms with Crippen molar-refractivity contribution in [1.82, 2.24) is 4.90 Å². The zero-order chi connectivity index (χ0) is 20.1. The average Bonchev–Trinajstić information content (AvgIpc) is 2.70. The van der Waals surface area contributed by atoms with Crippen LogP contribution in [0.2, 0.25) is 0 Å². The number of aliphatic hydroxyl groups excluding tert-OH is 1. The van der Waals surface area contributed by atoms with E-state index in [0.29, 0.717) is 24.5 Å². The molecule has 150 valence electrons. The Kier molecular flexibility index (Phi) is 6.36. The molecule has 3 rings (SSSR count). The summed E-state index contributed by atoms with van der Waals surface area (Å²) in [6.07, 6.45) is -0.939. The van der Waals surface area contributed by atoms with Crippen LogP contribution < -0.4 is 14.2 Å². The van der Waals surface area contributed by atoms with Crippen molar-refractivity contribution in [2.75, 3.05) is 26.8 Å². The largest absolute Gasteiger partial charge is 0.493 e. The highest BCUT2D eigenvalue weighted by Crippen LogP contribution is 2.30. The van der Waals surface area contributed by atoms with E-state index in [-0.39, 0.29) is 24.8 Å². The van der Waals surface area contributed by atoms with Gasteiger partial charge < -0.3 is 24.2 Å². The molecule has 1 heterocycles. The van der Waals surface area contributed by atoms with Crippen molar-refractivity contribution < 1.29 is 28.5 Å². The number of aryl methyl sites for hydroxylation is 1. The number of benzene rings is 2. The lowest BCUT2D eigenvalue weighted by Gasteiger charge is -2.36. The fourth-order valence-electron chi connectivity index (χ4n) is 3.05. The zero-order valence-electron chi connectivity index (χ0n) is 15.9. The molecule has 7 heteroatoms. The highest BCUT2D eigenvalue weighted by Gasteiger charge is 2.32. The highest BCUT2D eigenvalue weighted by molar-refractivity contribution is 5.78. The minimum Gasteiger partial charge on any atom is -0.493 e. The topological polar surface area (TPSA) is 68.2 Å². The first kappa shape index (κ1) is 19.9. The van der Waals surface area contributed by atoms with Gasteiger partial charge in [-0.1, -0.05) is 17.7 Å². The van der Waals surface area contributed by atoms with Gasteiger partial charge in [-0.25, -0.2) is 4.39 Å². The third kappa shape index (κ3) is 4.92. The van der Waals surface area contributed by atoms with Crippen LogP contribution in [-0.2, 0) is 4.79 Å². The van der Waals surface area contributed by atoms with Crippen molar-refractivity contribution in [3.63, 3.8) is 0 Å². The maximum atomic E-state index is 13.3. The third-order valence-corrected chi connectivity index (χ3v) is 4.66. The van der Waals surface area contributed by atoms with E-state index in [2.05, 4.69) is 0 Å². The van der Waals surface area contributed by atoms with Gasteiger partial charge in [-0.15, -0.1) is 0 Å². The van der Waals surface area contributed by atoms with E-state index >= 15 is 0 Å². The van der Waals surface area contributed by atoms with E-state index in [0.717, 1.165) is 5.56 Å². The number of methoxy groups -OCH3 is 1. The number of piperidine rings is 1. The van der Waals surface area contributed by atoms with Crippen molar-refractivity contribution in [2.24, 2.45) is 0 Å². The molecular weight excluding hydrogens is 365 g/mol. The first-order valence-electron chi connectivity index (χ1n) is 9.12. The first-order valence-corrected chi connectivity index (χ1v) is 9.12. The molecule has 6 nitrogen and oxygen atoms in total. The van der Waals surface area contributed by atoms with E-state index in [1.165, 1.54) is 25.3 Å². The van der Waals surface area contributed by atoms with Crippen molar-refractivity contribution in [3.8, 4) is 17.2 Å². The number of halogens is 1. The Morgan fingerprint density at radius 2 is 1.96 bits per heavy atom. The number of hydrogen-bond donors (Lipinski definition) is 1. The Morgan fingerprint density at radius 3 is 2.64 bits per heavy atom. The van der Waals surface area contributed by atoms with Gasteiger partial charge in [-0.3, -0.25) is 4.79 Å². The summed E-state index contributed by atoms with van der Waals surface area (Å²) in [5, 5.41) is 10.4. The van der Waals surface area contributed by atoms with E-state index in [4.69, 9.17) is 14.2 Å². The predicted octanol–water partition coefficient (Wildman–Crippen LogP) is 2.56. The van der Waals surface area contributed by atoms with Crippen LogP contribution in [0.3, 0.4) is 0 Å². The summed E-state index contributed by atoms with van der Waals surface area (Å²) in [6, 6.07) is 11.4. The maximum Gasteiger partial charge on any atom is 0.260 e. The summed E-state index contributed by atoms with van der Waals surface area (Å²) in [4.78, 5) is 13.9. The second-order valence-corrected chi connectivity index (χ2v) is 6.75. The monoisotopic (exact) mass is 389 g/mol. The summed E-state index contributed by atoms with van der Waals surface area (Å²) in [6.45, 7) is 2.46. The molecule has 2 atom stereocenters. The van der Waals surface area contributed by atoms with Crippen LogP contribution in [0.5, 0.6) is 17.2 Å². The van der Waals surface area contributed by atoms with Gasteiger partial charge in [0.15, 0.2) is 18.1 Å². The SMILES string of the molecule is COc1cc(F)ccc1O[C@@H]1CCN(C(=O)COc2ccc(C)cc2)C[C@H]1O. The molecule has 0 spiro atoms. The molecule has 1 N–H and O–H groups in total. The number of carbonyl (C=O) groups excluding carboxylic acids is 1. The van der Waals surface area contributed by atoms with Crippen LogP contribution >= 0.6 is 0 Å². The van der Waals surface area contributed by atoms with Gasteiger partial charge in [0.05, 0.1) is 13.7 Å². The number of carbonyl (C=O) groups is 1. The fourth-order valence-corrected chi connectivity index (χ4v) is 3.05. The number of ether oxygens (including phenoxy) is 3. The van der Waals surface area contributed by atoms with E-state index in [9.17, 15) is 14.3 Å². The van der Waals surface area contributed by atoms with Crippen molar-refractivity contribution in [1.29, 1.82) is 0 Å². The smallest absolute Gasteiger partial charge is 0.260 e. The Labute approximate surface area is 163 Å². The predicted molar refractivity (Wildman–Crippen MR) is 101 cm³/mol. The highest BCUT2D eigenvalue weighted by atomic mass is 19.1. The standard InChI is InChI=1S/C21H24FNO5/c1-14-3-6-16(7-4-14)27-13-21(25)23-10-9-18(17(24)12-23)28-19-8-5-15(22)11-20(19)26-2/h3-8,11,17-18,24H,9-10,12-13H2,1-2H3/t17-,18-/m1/s1. The average molecular weight is 389 g/mol. The van der Waals surface area contributed by atoms with Gasteiger partial charge >= 0.3 is 0 Å². The van der Waals surface area contributed by atoms with Crippen molar-refractivity contribution in [3.05, 3.63) is 53.8 Å². The number of β-amino-alcohol motifs (C(OH)–C–C–N with tert-alkyl or cyclic N) is 1. The second-order valence-electron chi connectivity index (χ2n) is 6.75. The molecule has 1 saturated heterocycles. The molecule has 1 amide bonds. The summed E-state index contributed by atoms with van der Waals surface area (Å²) in [5.74, 6) is 0.616. The number of nitrogens with zero attached hydrogens (tertiary/aromatic N) is 1. The normalized spacial score (nSPS) is 19.2. The summed E-state index contributed by atoms with van der Waals surface area (Å²) < 4.78 is 29.7. The maximum absolute atomic E-state index is 13.3. The lowest BCUT2D eigenvalue weighted by Crippen LogP contribution is -2.52. The number of hydrogen-bond acceptors (Lipinski definition) is 5. The molecule has 1 aliphatic heterocycles. The fraction of sp³-hybridized carbons (Fsp3) is 0.381. The van der Waals surface area contributed by atoms with Gasteiger partial charge in [0.25, 0.3) is 5.91 Å². The van der Waals surface area contributed by atoms with Crippen LogP contribution in [0.1, 0.15) is 12.0 Å². The minimum absolute atomic E-state index is 0.0902. The van der Waals surface area contributed by atoms with Gasteiger partial charge in [-0.2, -0.15) is 0 Å². The zero-order valence-corrected chi connectivity index (χ0v) is 15.9. The molecule has 2 aromatic rings. The molecule has 0 aliphatic carbocycles. The Morgan fingerprint density at radius 1 is 1.21 bits per heavy atom. The molecule has 28 heavy (non-hydrogen) atoms. The lowest BCUT2D eigenvalue weighted by molar-refractivity contribution is -0.139. The quantitative estimate of drug-likeness (QED) is 0.823. The minimum atomic E-state index is -0.869. The third-order valence-electron chi connectivity index (χ3n) is 4.66. The molecule has 1 fully saturated rings. The van der Waals surface area contributed by atoms with Crippen LogP contribution in [-0.4, -0.2) is 54.9 Å². The summed E-state index contributed by atoms with van der Waals surface area (Å²) in [7, 11) is 1.42. The van der Waals surface area contributed by atoms with Gasteiger partial charge in [0, 0.05) is 19.0 Å². The van der Waals surface area contributed by atoms with Crippen molar-refractivity contribution in [2.45, 2.75) is 25.6 Å². The second kappa shape index (κ2) is 8.93. The van der Waals surface area contributed by atoms with E-state index in [1.54, 1.807) is 4.90 Å². The van der Waals surface area contributed by atoms with Gasteiger partial charge in [0.1, 0.15) is 23.8 Å². The molecule has 1 aliphatic rings. The molecule has 0 unspecified atom stereocenters. The molecule has 2 aromatic carbocycles. The summed E-state index contributed by atoms with van der Waals surface area (Å²) >= 11 is 0. The molecule has 0 radical (unpaired) electrons. The summed E-state index contributed by atoms with van der Waals surface area (Å²) in [5.41, 5.74) is 1.11. The van der Waals surface area contributed by atoms with Gasteiger partial charge in [-0.05, 0) is 31.2 Å². The number of likely N-dealkylation sites (tertiary alicyclic amines) is 1. The first-order chi connectivity index (χ1) is 13.5. The molecule has 0 aromatic heterocycles. The van der Waals surface area contributed by atoms with Crippen LogP contribution in [0.25, 0.3) is 0 Å². The Bertz CT molecular complexity index is 811. The van der Waals surface area contributed by atoms with Crippen molar-refractivity contribution >= 4 is 5.91 Å². The van der Waals surface area contributed by atoms with E-state index in [1.807, 2.05) is 31.2 Å². The van der Waals surface area contributed by atoms with Gasteiger partial charge in [0.2, 0.25) is 0 Å². The Hall–Kier alpha value is -2.80. The molecule has 0 bridgehead atoms. The number of amides is 1. The van der Waals surface area contributed by atoms with Crippen LogP contribution in [0.15, 0.2) is 42.5 Å². The number of aliphatic hydroxyl groups is 1.